The molecule has 2 aromatic rings. The zero-order chi connectivity index (χ0) is 18.9. The van der Waals surface area contributed by atoms with Crippen LogP contribution in [-0.4, -0.2) is 30.9 Å². The Labute approximate surface area is 157 Å². The largest absolute Gasteiger partial charge is 0.542 e. The SMILES string of the molecule is C=C1C2(CCNCC2)OC(=O)[N+]1(C(=O)Oc1ccccc1)c1ccccc1. The molecule has 2 fully saturated rings. The number of hydrogen-bond acceptors (Lipinski definition) is 5. The number of hydrogen-bond donors (Lipinski definition) is 1. The molecule has 0 saturated carbocycles. The third-order valence-electron chi connectivity index (χ3n) is 5.26. The van der Waals surface area contributed by atoms with Crippen molar-refractivity contribution in [3.8, 4) is 5.75 Å². The van der Waals surface area contributed by atoms with E-state index in [1.54, 1.807) is 48.5 Å². The van der Waals surface area contributed by atoms with Crippen LogP contribution in [0.4, 0.5) is 15.3 Å². The molecule has 6 nitrogen and oxygen atoms in total. The van der Waals surface area contributed by atoms with Gasteiger partial charge < -0.3 is 14.8 Å². The Morgan fingerprint density at radius 3 is 2.26 bits per heavy atom. The first-order valence-electron chi connectivity index (χ1n) is 8.96. The second-order valence-corrected chi connectivity index (χ2v) is 6.75. The van der Waals surface area contributed by atoms with Crippen molar-refractivity contribution in [1.29, 1.82) is 0 Å². The van der Waals surface area contributed by atoms with Crippen molar-refractivity contribution >= 4 is 17.9 Å². The van der Waals surface area contributed by atoms with Crippen molar-refractivity contribution in [2.75, 3.05) is 13.1 Å². The minimum atomic E-state index is -0.867. The second-order valence-electron chi connectivity index (χ2n) is 6.75. The summed E-state index contributed by atoms with van der Waals surface area (Å²) in [4.78, 5) is 26.5. The van der Waals surface area contributed by atoms with Gasteiger partial charge in [0.05, 0.1) is 0 Å². The van der Waals surface area contributed by atoms with Crippen molar-refractivity contribution < 1.29 is 19.1 Å². The van der Waals surface area contributed by atoms with E-state index in [4.69, 9.17) is 9.47 Å². The third-order valence-corrected chi connectivity index (χ3v) is 5.26. The first-order chi connectivity index (χ1) is 13.1. The molecule has 2 aliphatic heterocycles. The van der Waals surface area contributed by atoms with Gasteiger partial charge in [-0.15, -0.1) is 0 Å². The fourth-order valence-electron chi connectivity index (χ4n) is 3.79. The van der Waals surface area contributed by atoms with Gasteiger partial charge in [-0.25, -0.2) is 0 Å². The maximum atomic E-state index is 13.4. The number of para-hydroxylation sites is 2. The summed E-state index contributed by atoms with van der Waals surface area (Å²) in [6.07, 6.45) is -0.265. The quantitative estimate of drug-likeness (QED) is 0.816. The fraction of sp³-hybridized carbons (Fsp3) is 0.238. The molecule has 1 N–H and O–H groups in total. The zero-order valence-electron chi connectivity index (χ0n) is 14.9. The lowest BCUT2D eigenvalue weighted by Crippen LogP contribution is -2.56. The number of piperidine rings is 1. The highest BCUT2D eigenvalue weighted by Gasteiger charge is 2.69. The number of quaternary nitrogens is 1. The van der Waals surface area contributed by atoms with Gasteiger partial charge in [0.1, 0.15) is 5.75 Å². The van der Waals surface area contributed by atoms with E-state index in [2.05, 4.69) is 11.9 Å². The summed E-state index contributed by atoms with van der Waals surface area (Å²) in [6, 6.07) is 17.5. The van der Waals surface area contributed by atoms with Crippen LogP contribution in [0.15, 0.2) is 72.9 Å². The van der Waals surface area contributed by atoms with Gasteiger partial charge in [-0.2, -0.15) is 9.59 Å². The third kappa shape index (κ3) is 2.65. The molecule has 2 aliphatic rings. The number of amides is 2. The van der Waals surface area contributed by atoms with E-state index in [-0.39, 0.29) is 0 Å². The minimum absolute atomic E-state index is 0.364. The molecule has 0 aromatic heterocycles. The van der Waals surface area contributed by atoms with Crippen LogP contribution in [0.25, 0.3) is 0 Å². The summed E-state index contributed by atoms with van der Waals surface area (Å²) in [5.41, 5.74) is -0.00147. The van der Waals surface area contributed by atoms with Gasteiger partial charge in [-0.3, -0.25) is 0 Å². The second kappa shape index (κ2) is 6.64. The fourth-order valence-corrected chi connectivity index (χ4v) is 3.79. The Hall–Kier alpha value is -2.96. The number of imide groups is 1. The van der Waals surface area contributed by atoms with Gasteiger partial charge in [0, 0.05) is 25.0 Å². The standard InChI is InChI=1S/C21H21N2O4/c1-16-21(12-14-22-15-13-21)27-20(25)23(16,17-8-4-2-5-9-17)19(24)26-18-10-6-3-7-11-18/h2-11,22H,1,12-15H2/q+1. The predicted octanol–water partition coefficient (Wildman–Crippen LogP) is 3.98. The van der Waals surface area contributed by atoms with Crippen LogP contribution in [0, 0.1) is 0 Å². The number of ether oxygens (including phenoxy) is 2. The van der Waals surface area contributed by atoms with Gasteiger partial charge >= 0.3 is 12.2 Å². The molecule has 1 spiro atoms. The Bertz CT molecular complexity index is 876. The topological polar surface area (TPSA) is 64.6 Å². The van der Waals surface area contributed by atoms with Crippen LogP contribution in [0.3, 0.4) is 0 Å². The molecular weight excluding hydrogens is 344 g/mol. The maximum Gasteiger partial charge on any atom is 0.542 e. The van der Waals surface area contributed by atoms with E-state index in [0.717, 1.165) is 0 Å². The molecule has 0 aliphatic carbocycles. The minimum Gasteiger partial charge on any atom is -0.402 e. The summed E-state index contributed by atoms with van der Waals surface area (Å²) in [7, 11) is 0. The number of carbonyl (C=O) groups is 2. The van der Waals surface area contributed by atoms with E-state index in [9.17, 15) is 9.59 Å². The van der Waals surface area contributed by atoms with Crippen LogP contribution in [0.1, 0.15) is 12.8 Å². The summed E-state index contributed by atoms with van der Waals surface area (Å²) in [6.45, 7) is 5.55. The van der Waals surface area contributed by atoms with Crippen LogP contribution in [-0.2, 0) is 4.74 Å². The summed E-state index contributed by atoms with van der Waals surface area (Å²) in [5.74, 6) is 0.364. The van der Waals surface area contributed by atoms with Crippen molar-refractivity contribution in [1.82, 2.24) is 9.80 Å². The predicted molar refractivity (Wildman–Crippen MR) is 101 cm³/mol. The van der Waals surface area contributed by atoms with Gasteiger partial charge in [-0.05, 0) is 31.8 Å². The molecule has 1 unspecified atom stereocenters. The Balaban J connectivity index is 1.81. The van der Waals surface area contributed by atoms with Crippen molar-refractivity contribution in [3.63, 3.8) is 0 Å². The lowest BCUT2D eigenvalue weighted by molar-refractivity contribution is 0.0455. The first-order valence-corrected chi connectivity index (χ1v) is 8.96. The molecule has 0 radical (unpaired) electrons. The number of nitrogens with one attached hydrogen (secondary N) is 1. The average Bonchev–Trinajstić information content (AvgIpc) is 2.91. The summed E-state index contributed by atoms with van der Waals surface area (Å²) >= 11 is 0. The molecule has 4 rings (SSSR count). The molecule has 1 atom stereocenters. The van der Waals surface area contributed by atoms with Crippen LogP contribution in [0.5, 0.6) is 5.75 Å². The summed E-state index contributed by atoms with van der Waals surface area (Å²) < 4.78 is 10.6. The highest BCUT2D eigenvalue weighted by atomic mass is 16.6. The van der Waals surface area contributed by atoms with Gasteiger partial charge in [0.15, 0.2) is 17.0 Å². The van der Waals surface area contributed by atoms with Gasteiger partial charge in [0.25, 0.3) is 0 Å². The molecule has 2 aromatic carbocycles. The van der Waals surface area contributed by atoms with Crippen molar-refractivity contribution in [2.24, 2.45) is 0 Å². The first kappa shape index (κ1) is 17.5. The van der Waals surface area contributed by atoms with E-state index in [0.29, 0.717) is 43.1 Å². The van der Waals surface area contributed by atoms with Crippen LogP contribution >= 0.6 is 0 Å². The molecule has 6 heteroatoms. The zero-order valence-corrected chi connectivity index (χ0v) is 14.9. The molecule has 138 valence electrons. The molecule has 27 heavy (non-hydrogen) atoms. The van der Waals surface area contributed by atoms with Crippen LogP contribution in [0.2, 0.25) is 0 Å². The normalized spacial score (nSPS) is 23.9. The average molecular weight is 365 g/mol. The molecule has 2 saturated heterocycles. The molecule has 2 heterocycles. The highest BCUT2D eigenvalue weighted by Crippen LogP contribution is 2.47. The maximum absolute atomic E-state index is 13.4. The van der Waals surface area contributed by atoms with E-state index >= 15 is 0 Å². The van der Waals surface area contributed by atoms with Crippen LogP contribution < -0.4 is 14.5 Å². The molecule has 2 amide bonds. The highest BCUT2D eigenvalue weighted by molar-refractivity contribution is 6.08. The summed E-state index contributed by atoms with van der Waals surface area (Å²) in [5, 5.41) is 3.25. The van der Waals surface area contributed by atoms with Crippen molar-refractivity contribution in [2.45, 2.75) is 18.4 Å². The van der Waals surface area contributed by atoms with E-state index < -0.39 is 22.3 Å². The Morgan fingerprint density at radius 2 is 1.63 bits per heavy atom. The van der Waals surface area contributed by atoms with Crippen molar-refractivity contribution in [3.05, 3.63) is 72.9 Å². The number of rotatable bonds is 2. The van der Waals surface area contributed by atoms with Gasteiger partial charge in [-0.1, -0.05) is 40.9 Å². The smallest absolute Gasteiger partial charge is 0.402 e. The number of nitrogens with zero attached hydrogens (tertiary/aromatic N) is 1. The lowest BCUT2D eigenvalue weighted by atomic mass is 9.88. The Morgan fingerprint density at radius 1 is 1.04 bits per heavy atom. The number of benzene rings is 2. The van der Waals surface area contributed by atoms with E-state index in [1.807, 2.05) is 12.1 Å². The van der Waals surface area contributed by atoms with Gasteiger partial charge in [0.2, 0.25) is 0 Å². The Kier molecular flexibility index (Phi) is 4.30. The van der Waals surface area contributed by atoms with E-state index in [1.165, 1.54) is 0 Å². The number of carbonyl (C=O) groups excluding carboxylic acids is 2. The lowest BCUT2D eigenvalue weighted by Gasteiger charge is -2.32. The monoisotopic (exact) mass is 365 g/mol. The molecular formula is C21H21N2O4+. The molecule has 0 bridgehead atoms.